The molecule has 5 rings (SSSR count). The van der Waals surface area contributed by atoms with Crippen LogP contribution in [0.25, 0.3) is 22.1 Å². The van der Waals surface area contributed by atoms with Crippen LogP contribution in [0.5, 0.6) is 0 Å². The molecule has 0 N–H and O–H groups in total. The third kappa shape index (κ3) is 3.92. The van der Waals surface area contributed by atoms with Crippen molar-refractivity contribution >= 4 is 28.0 Å². The molecule has 1 aliphatic carbocycles. The van der Waals surface area contributed by atoms with Crippen molar-refractivity contribution in [3.63, 3.8) is 0 Å². The Labute approximate surface area is 185 Å². The number of aromatic nitrogens is 5. The molecular formula is C24H27N5O3. The first-order valence-electron chi connectivity index (χ1n) is 11.3. The van der Waals surface area contributed by atoms with E-state index in [1.165, 1.54) is 6.92 Å². The number of ether oxygens (including phenoxy) is 1. The fourth-order valence-corrected chi connectivity index (χ4v) is 4.37. The van der Waals surface area contributed by atoms with Gasteiger partial charge in [0.25, 0.3) is 0 Å². The molecule has 166 valence electrons. The third-order valence-corrected chi connectivity index (χ3v) is 6.04. The number of hydrogen-bond acceptors (Lipinski definition) is 5. The second-order valence-corrected chi connectivity index (χ2v) is 8.40. The summed E-state index contributed by atoms with van der Waals surface area (Å²) in [7, 11) is 0. The lowest BCUT2D eigenvalue weighted by atomic mass is 10.2. The number of aryl methyl sites for hydroxylation is 1. The van der Waals surface area contributed by atoms with Crippen LogP contribution in [0.3, 0.4) is 0 Å². The van der Waals surface area contributed by atoms with Gasteiger partial charge in [-0.05, 0) is 50.3 Å². The first-order valence-corrected chi connectivity index (χ1v) is 11.3. The Balaban J connectivity index is 1.44. The van der Waals surface area contributed by atoms with Gasteiger partial charge in [-0.25, -0.2) is 9.78 Å². The van der Waals surface area contributed by atoms with Crippen molar-refractivity contribution in [3.8, 4) is 0 Å². The Hall–Kier alpha value is -3.42. The van der Waals surface area contributed by atoms with E-state index in [-0.39, 0.29) is 11.7 Å². The molecule has 3 aromatic heterocycles. The van der Waals surface area contributed by atoms with E-state index in [0.29, 0.717) is 19.2 Å². The first kappa shape index (κ1) is 20.5. The van der Waals surface area contributed by atoms with Crippen molar-refractivity contribution in [2.75, 3.05) is 6.61 Å². The van der Waals surface area contributed by atoms with Crippen LogP contribution in [0.1, 0.15) is 50.9 Å². The lowest BCUT2D eigenvalue weighted by Gasteiger charge is -2.10. The summed E-state index contributed by atoms with van der Waals surface area (Å²) in [6, 6.07) is 10.3. The molecule has 4 aromatic rings. The van der Waals surface area contributed by atoms with Crippen LogP contribution in [0.15, 0.2) is 47.5 Å². The number of pyridine rings is 1. The molecule has 0 unspecified atom stereocenters. The topological polar surface area (TPSA) is 83.9 Å². The zero-order valence-corrected chi connectivity index (χ0v) is 18.2. The largest absolute Gasteiger partial charge is 0.466 e. The lowest BCUT2D eigenvalue weighted by Crippen LogP contribution is -2.25. The number of imidazole rings is 2. The zero-order chi connectivity index (χ0) is 22.1. The maximum Gasteiger partial charge on any atom is 0.329 e. The Kier molecular flexibility index (Phi) is 5.51. The molecule has 0 saturated heterocycles. The Morgan fingerprint density at radius 1 is 1.06 bits per heavy atom. The van der Waals surface area contributed by atoms with E-state index in [1.54, 1.807) is 17.0 Å². The van der Waals surface area contributed by atoms with Crippen LogP contribution in [-0.2, 0) is 22.6 Å². The van der Waals surface area contributed by atoms with Crippen LogP contribution in [0, 0.1) is 0 Å². The van der Waals surface area contributed by atoms with E-state index < -0.39 is 0 Å². The Morgan fingerprint density at radius 3 is 2.72 bits per heavy atom. The molecule has 8 nitrogen and oxygen atoms in total. The van der Waals surface area contributed by atoms with E-state index in [0.717, 1.165) is 66.5 Å². The molecule has 1 aliphatic rings. The predicted molar refractivity (Wildman–Crippen MR) is 122 cm³/mol. The average Bonchev–Trinajstić information content (AvgIpc) is 3.50. The van der Waals surface area contributed by atoms with Gasteiger partial charge in [-0.2, -0.15) is 0 Å². The van der Waals surface area contributed by atoms with E-state index in [2.05, 4.69) is 15.6 Å². The SMILES string of the molecule is CC(=O)OCCCCCn1c(Cn2c(=O)n(C3CC3)c3ccncc32)nc2ccccc21. The highest BCUT2D eigenvalue weighted by molar-refractivity contribution is 5.77. The fraction of sp³-hybridized carbons (Fsp3) is 0.417. The van der Waals surface area contributed by atoms with Crippen molar-refractivity contribution in [1.82, 2.24) is 23.7 Å². The molecule has 0 spiro atoms. The number of unbranched alkanes of at least 4 members (excludes halogenated alkanes) is 2. The van der Waals surface area contributed by atoms with Crippen LogP contribution in [0.2, 0.25) is 0 Å². The highest BCUT2D eigenvalue weighted by Crippen LogP contribution is 2.36. The maximum absolute atomic E-state index is 13.3. The second kappa shape index (κ2) is 8.61. The number of rotatable bonds is 9. The number of carbonyl (C=O) groups is 1. The zero-order valence-electron chi connectivity index (χ0n) is 18.2. The van der Waals surface area contributed by atoms with Crippen LogP contribution >= 0.6 is 0 Å². The summed E-state index contributed by atoms with van der Waals surface area (Å²) in [4.78, 5) is 33.4. The molecular weight excluding hydrogens is 406 g/mol. The average molecular weight is 434 g/mol. The molecule has 0 bridgehead atoms. The van der Waals surface area contributed by atoms with E-state index in [9.17, 15) is 9.59 Å². The standard InChI is InChI=1S/C24H27N5O3/c1-17(30)32-14-6-2-5-13-27-20-8-4-3-7-19(20)26-23(27)16-28-22-15-25-12-11-21(22)29(24(28)31)18-9-10-18/h3-4,7-8,11-12,15,18H,2,5-6,9-10,13-14,16H2,1H3. The number of benzene rings is 1. The van der Waals surface area contributed by atoms with E-state index in [1.807, 2.05) is 28.8 Å². The fourth-order valence-electron chi connectivity index (χ4n) is 4.37. The van der Waals surface area contributed by atoms with Crippen molar-refractivity contribution < 1.29 is 9.53 Å². The van der Waals surface area contributed by atoms with Gasteiger partial charge in [0.2, 0.25) is 0 Å². The summed E-state index contributed by atoms with van der Waals surface area (Å²) in [5.74, 6) is 0.630. The number of nitrogens with zero attached hydrogens (tertiary/aromatic N) is 5. The van der Waals surface area contributed by atoms with Gasteiger partial charge in [0.15, 0.2) is 0 Å². The second-order valence-electron chi connectivity index (χ2n) is 8.40. The molecule has 32 heavy (non-hydrogen) atoms. The van der Waals surface area contributed by atoms with Gasteiger partial charge < -0.3 is 9.30 Å². The first-order chi connectivity index (χ1) is 15.6. The van der Waals surface area contributed by atoms with Gasteiger partial charge in [0.05, 0.1) is 41.4 Å². The number of esters is 1. The third-order valence-electron chi connectivity index (χ3n) is 6.04. The molecule has 1 aromatic carbocycles. The van der Waals surface area contributed by atoms with Gasteiger partial charge in [0.1, 0.15) is 5.82 Å². The van der Waals surface area contributed by atoms with Crippen LogP contribution in [-0.4, -0.2) is 36.2 Å². The monoisotopic (exact) mass is 433 g/mol. The molecule has 1 saturated carbocycles. The predicted octanol–water partition coefficient (Wildman–Crippen LogP) is 3.66. The molecule has 8 heteroatoms. The number of fused-ring (bicyclic) bond motifs is 2. The van der Waals surface area contributed by atoms with Gasteiger partial charge >= 0.3 is 11.7 Å². The van der Waals surface area contributed by atoms with Crippen molar-refractivity contribution in [2.45, 2.75) is 58.2 Å². The quantitative estimate of drug-likeness (QED) is 0.297. The van der Waals surface area contributed by atoms with Crippen LogP contribution < -0.4 is 5.69 Å². The number of para-hydroxylation sites is 2. The molecule has 0 aliphatic heterocycles. The Morgan fingerprint density at radius 2 is 1.91 bits per heavy atom. The van der Waals surface area contributed by atoms with Gasteiger partial charge in [-0.15, -0.1) is 0 Å². The summed E-state index contributed by atoms with van der Waals surface area (Å²) < 4.78 is 11.0. The normalized spacial score (nSPS) is 13.8. The molecule has 0 radical (unpaired) electrons. The Bertz CT molecular complexity index is 1330. The minimum Gasteiger partial charge on any atom is -0.466 e. The summed E-state index contributed by atoms with van der Waals surface area (Å²) >= 11 is 0. The minimum atomic E-state index is -0.238. The minimum absolute atomic E-state index is 0.00971. The molecule has 3 heterocycles. The molecule has 1 fully saturated rings. The molecule has 0 atom stereocenters. The van der Waals surface area contributed by atoms with E-state index >= 15 is 0 Å². The summed E-state index contributed by atoms with van der Waals surface area (Å²) in [5, 5.41) is 0. The van der Waals surface area contributed by atoms with Crippen molar-refractivity contribution in [2.24, 2.45) is 0 Å². The van der Waals surface area contributed by atoms with Gasteiger partial charge in [0, 0.05) is 25.7 Å². The highest BCUT2D eigenvalue weighted by Gasteiger charge is 2.29. The highest BCUT2D eigenvalue weighted by atomic mass is 16.5. The van der Waals surface area contributed by atoms with Crippen molar-refractivity contribution in [1.29, 1.82) is 0 Å². The summed E-state index contributed by atoms with van der Waals surface area (Å²) in [6.07, 6.45) is 8.34. The van der Waals surface area contributed by atoms with E-state index in [4.69, 9.17) is 9.72 Å². The summed E-state index contributed by atoms with van der Waals surface area (Å²) in [6.45, 7) is 3.09. The van der Waals surface area contributed by atoms with Gasteiger partial charge in [-0.3, -0.25) is 18.9 Å². The van der Waals surface area contributed by atoms with Crippen molar-refractivity contribution in [3.05, 3.63) is 59.0 Å². The number of hydrogen-bond donors (Lipinski definition) is 0. The smallest absolute Gasteiger partial charge is 0.329 e. The molecule has 0 amide bonds. The van der Waals surface area contributed by atoms with Crippen LogP contribution in [0.4, 0.5) is 0 Å². The summed E-state index contributed by atoms with van der Waals surface area (Å²) in [5.41, 5.74) is 3.81. The lowest BCUT2D eigenvalue weighted by molar-refractivity contribution is -0.141. The number of carbonyl (C=O) groups excluding carboxylic acids is 1. The van der Waals surface area contributed by atoms with Gasteiger partial charge in [-0.1, -0.05) is 12.1 Å². The maximum atomic E-state index is 13.3.